The molecule has 0 radical (unpaired) electrons. The van der Waals surface area contributed by atoms with Crippen LogP contribution in [0.1, 0.15) is 45.5 Å². The number of hydrogen-bond acceptors (Lipinski definition) is 3. The maximum atomic E-state index is 13.9. The van der Waals surface area contributed by atoms with E-state index in [0.717, 1.165) is 24.8 Å². The Kier molecular flexibility index (Phi) is 6.02. The number of rotatable bonds is 4. The van der Waals surface area contributed by atoms with Gasteiger partial charge in [0.2, 0.25) is 5.91 Å². The summed E-state index contributed by atoms with van der Waals surface area (Å²) in [7, 11) is 0. The van der Waals surface area contributed by atoms with Crippen molar-refractivity contribution in [2.45, 2.75) is 26.2 Å². The zero-order valence-electron chi connectivity index (χ0n) is 17.6. The topological polar surface area (TPSA) is 69.7 Å². The van der Waals surface area contributed by atoms with Crippen molar-refractivity contribution in [2.75, 3.05) is 31.5 Å². The molecule has 2 aliphatic rings. The fourth-order valence-corrected chi connectivity index (χ4v) is 3.95. The lowest BCUT2D eigenvalue weighted by atomic mass is 9.84. The van der Waals surface area contributed by atoms with Gasteiger partial charge < -0.3 is 15.1 Å². The van der Waals surface area contributed by atoms with E-state index >= 15 is 0 Å². The highest BCUT2D eigenvalue weighted by Gasteiger charge is 2.32. The number of carbonyl (C=O) groups is 3. The molecule has 1 saturated heterocycles. The van der Waals surface area contributed by atoms with E-state index in [0.29, 0.717) is 37.4 Å². The second-order valence-electron chi connectivity index (χ2n) is 8.21. The summed E-state index contributed by atoms with van der Waals surface area (Å²) in [6.45, 7) is 3.88. The molecule has 0 aromatic heterocycles. The Labute approximate surface area is 181 Å². The monoisotopic (exact) mass is 423 g/mol. The fourth-order valence-electron chi connectivity index (χ4n) is 3.95. The molecule has 1 aliphatic carbocycles. The van der Waals surface area contributed by atoms with Gasteiger partial charge in [0.05, 0.1) is 5.56 Å². The quantitative estimate of drug-likeness (QED) is 0.819. The van der Waals surface area contributed by atoms with Crippen LogP contribution in [-0.2, 0) is 4.79 Å². The molecular formula is C24H26FN3O3. The molecule has 6 nitrogen and oxygen atoms in total. The Bertz CT molecular complexity index is 1010. The van der Waals surface area contributed by atoms with Crippen molar-refractivity contribution < 1.29 is 18.8 Å². The number of anilines is 1. The molecule has 3 amide bonds. The number of halogens is 1. The summed E-state index contributed by atoms with van der Waals surface area (Å²) in [5.41, 5.74) is 1.65. The third kappa shape index (κ3) is 4.45. The second kappa shape index (κ2) is 8.88. The molecule has 4 rings (SSSR count). The van der Waals surface area contributed by atoms with Crippen molar-refractivity contribution in [1.29, 1.82) is 0 Å². The second-order valence-corrected chi connectivity index (χ2v) is 8.21. The lowest BCUT2D eigenvalue weighted by Gasteiger charge is -2.38. The van der Waals surface area contributed by atoms with Crippen LogP contribution in [-0.4, -0.2) is 53.7 Å². The highest BCUT2D eigenvalue weighted by molar-refractivity contribution is 6.05. The minimum atomic E-state index is -0.598. The van der Waals surface area contributed by atoms with E-state index in [1.54, 1.807) is 29.2 Å². The molecule has 162 valence electrons. The maximum absolute atomic E-state index is 13.9. The minimum absolute atomic E-state index is 0.0501. The zero-order valence-corrected chi connectivity index (χ0v) is 17.6. The van der Waals surface area contributed by atoms with Gasteiger partial charge in [-0.05, 0) is 49.6 Å². The van der Waals surface area contributed by atoms with Crippen LogP contribution in [0.15, 0.2) is 42.5 Å². The van der Waals surface area contributed by atoms with Gasteiger partial charge in [-0.25, -0.2) is 4.39 Å². The van der Waals surface area contributed by atoms with E-state index in [2.05, 4.69) is 5.32 Å². The number of aryl methyl sites for hydroxylation is 1. The molecule has 1 saturated carbocycles. The van der Waals surface area contributed by atoms with Crippen LogP contribution in [0.5, 0.6) is 0 Å². The van der Waals surface area contributed by atoms with E-state index < -0.39 is 11.7 Å². The third-order valence-electron chi connectivity index (χ3n) is 6.18. The third-order valence-corrected chi connectivity index (χ3v) is 6.18. The van der Waals surface area contributed by atoms with Gasteiger partial charge in [-0.1, -0.05) is 24.6 Å². The van der Waals surface area contributed by atoms with Crippen molar-refractivity contribution in [3.63, 3.8) is 0 Å². The van der Waals surface area contributed by atoms with Gasteiger partial charge in [0, 0.05) is 43.3 Å². The van der Waals surface area contributed by atoms with Crippen molar-refractivity contribution >= 4 is 23.4 Å². The van der Waals surface area contributed by atoms with E-state index in [1.807, 2.05) is 11.8 Å². The molecular weight excluding hydrogens is 397 g/mol. The van der Waals surface area contributed by atoms with E-state index in [1.165, 1.54) is 18.2 Å². The van der Waals surface area contributed by atoms with Crippen molar-refractivity contribution in [1.82, 2.24) is 9.80 Å². The fraction of sp³-hybridized carbons (Fsp3) is 0.375. The van der Waals surface area contributed by atoms with Crippen LogP contribution in [0.2, 0.25) is 0 Å². The SMILES string of the molecule is Cc1ccc(C(=O)N2CCN(C(=O)C3CCC3)CC2)cc1NC(=O)c1ccccc1F. The molecule has 0 spiro atoms. The first-order chi connectivity index (χ1) is 14.9. The van der Waals surface area contributed by atoms with Gasteiger partial charge in [-0.3, -0.25) is 14.4 Å². The highest BCUT2D eigenvalue weighted by atomic mass is 19.1. The molecule has 2 aromatic rings. The number of nitrogens with one attached hydrogen (secondary N) is 1. The Morgan fingerprint density at radius 2 is 1.65 bits per heavy atom. The summed E-state index contributed by atoms with van der Waals surface area (Å²) >= 11 is 0. The van der Waals surface area contributed by atoms with Gasteiger partial charge in [-0.15, -0.1) is 0 Å². The summed E-state index contributed by atoms with van der Waals surface area (Å²) in [6.07, 6.45) is 3.07. The molecule has 0 bridgehead atoms. The first-order valence-corrected chi connectivity index (χ1v) is 10.7. The largest absolute Gasteiger partial charge is 0.339 e. The van der Waals surface area contributed by atoms with Crippen LogP contribution < -0.4 is 5.32 Å². The highest BCUT2D eigenvalue weighted by Crippen LogP contribution is 2.28. The van der Waals surface area contributed by atoms with E-state index in [-0.39, 0.29) is 23.3 Å². The number of carbonyl (C=O) groups excluding carboxylic acids is 3. The molecule has 1 aliphatic heterocycles. The molecule has 2 aromatic carbocycles. The first-order valence-electron chi connectivity index (χ1n) is 10.7. The van der Waals surface area contributed by atoms with Crippen molar-refractivity contribution in [2.24, 2.45) is 5.92 Å². The average Bonchev–Trinajstić information content (AvgIpc) is 2.74. The lowest BCUT2D eigenvalue weighted by Crippen LogP contribution is -2.52. The number of amides is 3. The summed E-state index contributed by atoms with van der Waals surface area (Å²) in [5, 5.41) is 2.71. The Morgan fingerprint density at radius 3 is 2.29 bits per heavy atom. The smallest absolute Gasteiger partial charge is 0.258 e. The lowest BCUT2D eigenvalue weighted by molar-refractivity contribution is -0.139. The molecule has 0 unspecified atom stereocenters. The predicted octanol–water partition coefficient (Wildman–Crippen LogP) is 3.47. The number of nitrogens with zero attached hydrogens (tertiary/aromatic N) is 2. The molecule has 1 N–H and O–H groups in total. The van der Waals surface area contributed by atoms with Crippen molar-refractivity contribution in [3.8, 4) is 0 Å². The van der Waals surface area contributed by atoms with Crippen LogP contribution in [0.4, 0.5) is 10.1 Å². The van der Waals surface area contributed by atoms with Crippen molar-refractivity contribution in [3.05, 3.63) is 65.0 Å². The standard InChI is InChI=1S/C24H26FN3O3/c1-16-9-10-18(15-21(16)26-22(29)19-7-2-3-8-20(19)25)24(31)28-13-11-27(12-14-28)23(30)17-5-4-6-17/h2-3,7-10,15,17H,4-6,11-14H2,1H3,(H,26,29). The molecule has 7 heteroatoms. The van der Waals surface area contributed by atoms with Crippen LogP contribution in [0.3, 0.4) is 0 Å². The van der Waals surface area contributed by atoms with Gasteiger partial charge in [0.15, 0.2) is 0 Å². The van der Waals surface area contributed by atoms with Gasteiger partial charge in [0.1, 0.15) is 5.82 Å². The summed E-state index contributed by atoms with van der Waals surface area (Å²) in [6, 6.07) is 10.9. The Hall–Kier alpha value is -3.22. The minimum Gasteiger partial charge on any atom is -0.339 e. The Morgan fingerprint density at radius 1 is 0.968 bits per heavy atom. The molecule has 0 atom stereocenters. The van der Waals surface area contributed by atoms with Gasteiger partial charge in [-0.2, -0.15) is 0 Å². The zero-order chi connectivity index (χ0) is 22.0. The summed E-state index contributed by atoms with van der Waals surface area (Å²) in [4.78, 5) is 41.5. The number of hydrogen-bond donors (Lipinski definition) is 1. The molecule has 1 heterocycles. The first kappa shape index (κ1) is 21.0. The van der Waals surface area contributed by atoms with Gasteiger partial charge >= 0.3 is 0 Å². The summed E-state index contributed by atoms with van der Waals surface area (Å²) < 4.78 is 13.9. The average molecular weight is 423 g/mol. The predicted molar refractivity (Wildman–Crippen MR) is 115 cm³/mol. The van der Waals surface area contributed by atoms with Crippen LogP contribution >= 0.6 is 0 Å². The maximum Gasteiger partial charge on any atom is 0.258 e. The van der Waals surface area contributed by atoms with Crippen LogP contribution in [0.25, 0.3) is 0 Å². The van der Waals surface area contributed by atoms with E-state index in [4.69, 9.17) is 0 Å². The van der Waals surface area contributed by atoms with E-state index in [9.17, 15) is 18.8 Å². The normalized spacial score (nSPS) is 16.6. The van der Waals surface area contributed by atoms with Crippen LogP contribution in [0, 0.1) is 18.7 Å². The Balaban J connectivity index is 1.42. The number of piperazine rings is 1. The molecule has 2 fully saturated rings. The molecule has 31 heavy (non-hydrogen) atoms. The summed E-state index contributed by atoms with van der Waals surface area (Å²) in [5.74, 6) is -0.919. The number of benzene rings is 2. The van der Waals surface area contributed by atoms with Gasteiger partial charge in [0.25, 0.3) is 11.8 Å².